The molecule has 3 rings (SSSR count). The molecule has 2 aliphatic rings. The second-order valence-corrected chi connectivity index (χ2v) is 8.43. The van der Waals surface area contributed by atoms with E-state index in [1.54, 1.807) is 7.11 Å². The number of rotatable bonds is 9. The lowest BCUT2D eigenvalue weighted by Crippen LogP contribution is -2.48. The van der Waals surface area contributed by atoms with Gasteiger partial charge in [-0.05, 0) is 64.5 Å². The molecule has 0 radical (unpaired) electrons. The summed E-state index contributed by atoms with van der Waals surface area (Å²) < 4.78 is 12.0. The van der Waals surface area contributed by atoms with Crippen LogP contribution in [-0.2, 0) is 6.54 Å². The van der Waals surface area contributed by atoms with Gasteiger partial charge in [0.15, 0.2) is 17.5 Å². The number of hydrogen-bond donors (Lipinski definition) is 2. The zero-order chi connectivity index (χ0) is 21.2. The predicted molar refractivity (Wildman–Crippen MR) is 124 cm³/mol. The lowest BCUT2D eigenvalue weighted by Gasteiger charge is -2.32. The van der Waals surface area contributed by atoms with Crippen LogP contribution in [0, 0.1) is 0 Å². The van der Waals surface area contributed by atoms with Gasteiger partial charge in [-0.25, -0.2) is 4.99 Å². The van der Waals surface area contributed by atoms with Crippen LogP contribution < -0.4 is 20.1 Å². The number of piperidine rings is 1. The molecule has 1 aromatic carbocycles. The molecular formula is C24H40N4O2. The highest BCUT2D eigenvalue weighted by atomic mass is 16.5. The smallest absolute Gasteiger partial charge is 0.191 e. The van der Waals surface area contributed by atoms with Crippen molar-refractivity contribution in [3.63, 3.8) is 0 Å². The van der Waals surface area contributed by atoms with E-state index in [9.17, 15) is 0 Å². The van der Waals surface area contributed by atoms with Gasteiger partial charge in [-0.3, -0.25) is 0 Å². The third-order valence-electron chi connectivity index (χ3n) is 6.09. The monoisotopic (exact) mass is 416 g/mol. The first-order valence-corrected chi connectivity index (χ1v) is 11.8. The van der Waals surface area contributed by atoms with Crippen molar-refractivity contribution in [3.05, 3.63) is 23.8 Å². The molecule has 1 aliphatic carbocycles. The number of para-hydroxylation sites is 1. The zero-order valence-corrected chi connectivity index (χ0v) is 19.1. The Morgan fingerprint density at radius 1 is 1.13 bits per heavy atom. The minimum Gasteiger partial charge on any atom is -0.493 e. The van der Waals surface area contributed by atoms with Crippen LogP contribution in [0.3, 0.4) is 0 Å². The number of ether oxygens (including phenoxy) is 2. The highest BCUT2D eigenvalue weighted by Crippen LogP contribution is 2.35. The topological polar surface area (TPSA) is 58.1 Å². The Morgan fingerprint density at radius 3 is 2.57 bits per heavy atom. The maximum Gasteiger partial charge on any atom is 0.191 e. The third-order valence-corrected chi connectivity index (χ3v) is 6.09. The summed E-state index contributed by atoms with van der Waals surface area (Å²) in [5.41, 5.74) is 1.08. The molecule has 0 unspecified atom stereocenters. The molecule has 6 heteroatoms. The van der Waals surface area contributed by atoms with Gasteiger partial charge in [-0.15, -0.1) is 0 Å². The van der Waals surface area contributed by atoms with Crippen LogP contribution in [0.5, 0.6) is 11.5 Å². The van der Waals surface area contributed by atoms with E-state index < -0.39 is 0 Å². The van der Waals surface area contributed by atoms with Crippen LogP contribution in [0.4, 0.5) is 0 Å². The minimum absolute atomic E-state index is 0.295. The predicted octanol–water partition coefficient (Wildman–Crippen LogP) is 3.95. The number of guanidine groups is 1. The molecular weight excluding hydrogens is 376 g/mol. The van der Waals surface area contributed by atoms with Crippen molar-refractivity contribution in [2.45, 2.75) is 77.5 Å². The average molecular weight is 417 g/mol. The van der Waals surface area contributed by atoms with Crippen LogP contribution in [0.15, 0.2) is 23.2 Å². The summed E-state index contributed by atoms with van der Waals surface area (Å²) in [6, 6.07) is 6.58. The Hall–Kier alpha value is -1.95. The van der Waals surface area contributed by atoms with Gasteiger partial charge in [0.1, 0.15) is 0 Å². The molecule has 2 N–H and O–H groups in total. The summed E-state index contributed by atoms with van der Waals surface area (Å²) >= 11 is 0. The number of hydrogen-bond acceptors (Lipinski definition) is 4. The molecule has 0 bridgehead atoms. The molecule has 168 valence electrons. The van der Waals surface area contributed by atoms with Crippen molar-refractivity contribution in [3.8, 4) is 11.5 Å². The number of methoxy groups -OCH3 is 1. The Balaban J connectivity index is 1.65. The molecule has 1 saturated heterocycles. The number of nitrogens with zero attached hydrogens (tertiary/aromatic N) is 2. The molecule has 0 spiro atoms. The standard InChI is InChI=1S/C24H40N4O2/c1-4-15-28-16-13-20(14-17-28)27-24(25-5-2)26-18-19-9-8-12-22(29-3)23(19)30-21-10-6-7-11-21/h8-9,12,20-21H,4-7,10-11,13-18H2,1-3H3,(H2,25,26,27). The maximum absolute atomic E-state index is 6.36. The van der Waals surface area contributed by atoms with Gasteiger partial charge in [0.2, 0.25) is 0 Å². The average Bonchev–Trinajstić information content (AvgIpc) is 3.27. The highest BCUT2D eigenvalue weighted by molar-refractivity contribution is 5.80. The van der Waals surface area contributed by atoms with E-state index in [1.165, 1.54) is 51.7 Å². The second-order valence-electron chi connectivity index (χ2n) is 8.43. The summed E-state index contributed by atoms with van der Waals surface area (Å²) in [4.78, 5) is 7.45. The summed E-state index contributed by atoms with van der Waals surface area (Å²) in [6.45, 7) is 9.33. The van der Waals surface area contributed by atoms with E-state index in [0.717, 1.165) is 42.4 Å². The Kier molecular flexibility index (Phi) is 9.12. The quantitative estimate of drug-likeness (QED) is 0.472. The van der Waals surface area contributed by atoms with Gasteiger partial charge in [0, 0.05) is 31.2 Å². The van der Waals surface area contributed by atoms with Crippen molar-refractivity contribution in [1.29, 1.82) is 0 Å². The molecule has 6 nitrogen and oxygen atoms in total. The summed E-state index contributed by atoms with van der Waals surface area (Å²) in [5.74, 6) is 2.55. The normalized spacial score (nSPS) is 19.1. The Labute approximate surface area is 182 Å². The largest absolute Gasteiger partial charge is 0.493 e. The van der Waals surface area contributed by atoms with Crippen molar-refractivity contribution in [2.75, 3.05) is 33.3 Å². The number of aliphatic imine (C=N–C) groups is 1. The van der Waals surface area contributed by atoms with Gasteiger partial charge >= 0.3 is 0 Å². The third kappa shape index (κ3) is 6.53. The van der Waals surface area contributed by atoms with Gasteiger partial charge in [-0.1, -0.05) is 19.1 Å². The van der Waals surface area contributed by atoms with Gasteiger partial charge in [-0.2, -0.15) is 0 Å². The molecule has 2 fully saturated rings. The van der Waals surface area contributed by atoms with Crippen LogP contribution in [-0.4, -0.2) is 56.3 Å². The molecule has 30 heavy (non-hydrogen) atoms. The Bertz CT molecular complexity index is 665. The van der Waals surface area contributed by atoms with Crippen molar-refractivity contribution < 1.29 is 9.47 Å². The minimum atomic E-state index is 0.295. The summed E-state index contributed by atoms with van der Waals surface area (Å²) in [5, 5.41) is 7.06. The van der Waals surface area contributed by atoms with Crippen LogP contribution >= 0.6 is 0 Å². The van der Waals surface area contributed by atoms with E-state index in [2.05, 4.69) is 35.4 Å². The van der Waals surface area contributed by atoms with Gasteiger partial charge in [0.05, 0.1) is 19.8 Å². The van der Waals surface area contributed by atoms with Crippen LogP contribution in [0.2, 0.25) is 0 Å². The Morgan fingerprint density at radius 2 is 1.90 bits per heavy atom. The van der Waals surface area contributed by atoms with E-state index >= 15 is 0 Å². The van der Waals surface area contributed by atoms with E-state index in [-0.39, 0.29) is 0 Å². The first-order valence-electron chi connectivity index (χ1n) is 11.8. The van der Waals surface area contributed by atoms with Crippen molar-refractivity contribution in [2.24, 2.45) is 4.99 Å². The summed E-state index contributed by atoms with van der Waals surface area (Å²) in [7, 11) is 1.71. The second kappa shape index (κ2) is 12.0. The summed E-state index contributed by atoms with van der Waals surface area (Å²) in [6.07, 6.45) is 8.61. The molecule has 1 heterocycles. The zero-order valence-electron chi connectivity index (χ0n) is 19.1. The highest BCUT2D eigenvalue weighted by Gasteiger charge is 2.21. The van der Waals surface area contributed by atoms with Gasteiger partial charge < -0.3 is 25.0 Å². The molecule has 1 aromatic rings. The number of likely N-dealkylation sites (tertiary alicyclic amines) is 1. The fourth-order valence-electron chi connectivity index (χ4n) is 4.45. The van der Waals surface area contributed by atoms with Crippen molar-refractivity contribution in [1.82, 2.24) is 15.5 Å². The molecule has 0 aromatic heterocycles. The van der Waals surface area contributed by atoms with Crippen LogP contribution in [0.25, 0.3) is 0 Å². The van der Waals surface area contributed by atoms with E-state index in [0.29, 0.717) is 18.7 Å². The van der Waals surface area contributed by atoms with E-state index in [1.807, 2.05) is 12.1 Å². The lowest BCUT2D eigenvalue weighted by atomic mass is 10.1. The molecule has 1 aliphatic heterocycles. The van der Waals surface area contributed by atoms with Gasteiger partial charge in [0.25, 0.3) is 0 Å². The molecule has 1 saturated carbocycles. The number of benzene rings is 1. The number of nitrogens with one attached hydrogen (secondary N) is 2. The van der Waals surface area contributed by atoms with Crippen LogP contribution in [0.1, 0.15) is 64.4 Å². The molecule has 0 atom stereocenters. The van der Waals surface area contributed by atoms with E-state index in [4.69, 9.17) is 14.5 Å². The molecule has 0 amide bonds. The fourth-order valence-corrected chi connectivity index (χ4v) is 4.45. The fraction of sp³-hybridized carbons (Fsp3) is 0.708. The maximum atomic E-state index is 6.36. The lowest BCUT2D eigenvalue weighted by molar-refractivity contribution is 0.198. The van der Waals surface area contributed by atoms with Crippen molar-refractivity contribution >= 4 is 5.96 Å². The SMILES string of the molecule is CCCN1CCC(NC(=NCc2cccc(OC)c2OC2CCCC2)NCC)CC1. The first kappa shape index (κ1) is 22.7. The first-order chi connectivity index (χ1) is 14.7.